The van der Waals surface area contributed by atoms with Crippen molar-refractivity contribution in [3.05, 3.63) is 69.2 Å². The maximum atomic E-state index is 13.5. The molecule has 0 unspecified atom stereocenters. The molecule has 3 atom stereocenters. The van der Waals surface area contributed by atoms with Crippen molar-refractivity contribution in [1.82, 2.24) is 10.0 Å². The Labute approximate surface area is 199 Å². The summed E-state index contributed by atoms with van der Waals surface area (Å²) in [7, 11) is 0. The summed E-state index contributed by atoms with van der Waals surface area (Å²) in [5.74, 6) is -2.48. The van der Waals surface area contributed by atoms with E-state index < -0.39 is 36.1 Å². The minimum absolute atomic E-state index is 0.126. The van der Waals surface area contributed by atoms with Crippen LogP contribution in [-0.2, 0) is 9.59 Å². The smallest absolute Gasteiger partial charge is 0.274 e. The van der Waals surface area contributed by atoms with Gasteiger partial charge in [0, 0.05) is 10.0 Å². The fourth-order valence-electron chi connectivity index (χ4n) is 4.48. The fourth-order valence-corrected chi connectivity index (χ4v) is 4.96. The monoisotopic (exact) mass is 516 g/mol. The molecule has 0 radical (unpaired) electrons. The summed E-state index contributed by atoms with van der Waals surface area (Å²) in [5.41, 5.74) is 0.497. The van der Waals surface area contributed by atoms with E-state index in [1.807, 2.05) is 0 Å². The van der Waals surface area contributed by atoms with Gasteiger partial charge in [-0.05, 0) is 49.4 Å². The molecule has 2 aliphatic rings. The van der Waals surface area contributed by atoms with Gasteiger partial charge >= 0.3 is 0 Å². The highest BCUT2D eigenvalue weighted by Gasteiger charge is 2.52. The Balaban J connectivity index is 1.70. The Morgan fingerprint density at radius 3 is 2.38 bits per heavy atom. The highest BCUT2D eigenvalue weighted by Crippen LogP contribution is 2.41. The van der Waals surface area contributed by atoms with E-state index >= 15 is 0 Å². The van der Waals surface area contributed by atoms with Crippen molar-refractivity contribution in [2.75, 3.05) is 6.54 Å². The number of Topliss-reactive ketones (excluding diaryl/α,β-unsaturated/α-hetero) is 1. The molecule has 1 saturated carbocycles. The number of fused-ring (bicyclic) bond motifs is 1. The Hall–Kier alpha value is -2.51. The second-order valence-electron chi connectivity index (χ2n) is 8.39. The van der Waals surface area contributed by atoms with Crippen LogP contribution in [-0.4, -0.2) is 40.1 Å². The molecule has 0 spiro atoms. The number of carbonyl (C=O) groups excluding carboxylic acids is 4. The maximum absolute atomic E-state index is 13.5. The van der Waals surface area contributed by atoms with E-state index in [2.05, 4.69) is 22.9 Å². The molecule has 32 heavy (non-hydrogen) atoms. The molecule has 1 saturated heterocycles. The van der Waals surface area contributed by atoms with E-state index in [-0.39, 0.29) is 16.4 Å². The summed E-state index contributed by atoms with van der Waals surface area (Å²) in [6.07, 6.45) is 2.05. The first-order valence-electron chi connectivity index (χ1n) is 10.5. The molecule has 1 heterocycles. The molecule has 0 aromatic heterocycles. The quantitative estimate of drug-likeness (QED) is 0.423. The Morgan fingerprint density at radius 1 is 1.03 bits per heavy atom. The molecule has 2 aromatic rings. The number of amides is 3. The van der Waals surface area contributed by atoms with Crippen LogP contribution in [0, 0.1) is 17.8 Å². The van der Waals surface area contributed by atoms with Crippen molar-refractivity contribution in [2.45, 2.75) is 26.2 Å². The number of halogens is 2. The van der Waals surface area contributed by atoms with E-state index in [0.29, 0.717) is 24.3 Å². The lowest BCUT2D eigenvalue weighted by molar-refractivity contribution is -0.154. The molecular formula is C24H22BrClN2O4. The molecule has 6 nitrogen and oxygen atoms in total. The van der Waals surface area contributed by atoms with Gasteiger partial charge in [-0.1, -0.05) is 58.7 Å². The van der Waals surface area contributed by atoms with E-state index in [1.165, 1.54) is 6.07 Å². The summed E-state index contributed by atoms with van der Waals surface area (Å²) < 4.78 is 0.807. The number of rotatable bonds is 5. The highest BCUT2D eigenvalue weighted by molar-refractivity contribution is 9.10. The largest absolute Gasteiger partial charge is 0.292 e. The third-order valence-corrected chi connectivity index (χ3v) is 7.06. The first-order valence-corrected chi connectivity index (χ1v) is 11.7. The van der Waals surface area contributed by atoms with Crippen LogP contribution in [0.1, 0.15) is 46.9 Å². The zero-order chi connectivity index (χ0) is 23.0. The first kappa shape index (κ1) is 22.7. The summed E-state index contributed by atoms with van der Waals surface area (Å²) in [6, 6.07) is 13.1. The van der Waals surface area contributed by atoms with Crippen LogP contribution >= 0.6 is 27.5 Å². The van der Waals surface area contributed by atoms with Gasteiger partial charge in [-0.2, -0.15) is 5.01 Å². The zero-order valence-electron chi connectivity index (χ0n) is 17.5. The molecule has 1 aliphatic heterocycles. The van der Waals surface area contributed by atoms with Crippen LogP contribution in [0.4, 0.5) is 0 Å². The summed E-state index contributed by atoms with van der Waals surface area (Å²) in [4.78, 5) is 53.0. The normalized spacial score (nSPS) is 22.6. The Morgan fingerprint density at radius 2 is 1.69 bits per heavy atom. The number of hydrazine groups is 1. The van der Waals surface area contributed by atoms with Crippen molar-refractivity contribution >= 4 is 51.0 Å². The second kappa shape index (κ2) is 9.16. The number of benzene rings is 2. The molecule has 0 N–H and O–H groups in total. The highest BCUT2D eigenvalue weighted by atomic mass is 79.9. The van der Waals surface area contributed by atoms with Crippen LogP contribution in [0.2, 0.25) is 5.02 Å². The second-order valence-corrected chi connectivity index (χ2v) is 9.72. The predicted molar refractivity (Wildman–Crippen MR) is 123 cm³/mol. The molecule has 2 fully saturated rings. The summed E-state index contributed by atoms with van der Waals surface area (Å²) in [5, 5.41) is 2.05. The molecular weight excluding hydrogens is 496 g/mol. The van der Waals surface area contributed by atoms with Crippen molar-refractivity contribution in [3.63, 3.8) is 0 Å². The third kappa shape index (κ3) is 4.24. The lowest BCUT2D eigenvalue weighted by Crippen LogP contribution is -2.52. The van der Waals surface area contributed by atoms with E-state index in [4.69, 9.17) is 11.6 Å². The molecule has 166 valence electrons. The Kier molecular flexibility index (Phi) is 6.49. The van der Waals surface area contributed by atoms with E-state index in [0.717, 1.165) is 20.9 Å². The van der Waals surface area contributed by atoms with Gasteiger partial charge in [-0.25, -0.2) is 5.01 Å². The summed E-state index contributed by atoms with van der Waals surface area (Å²) in [6.45, 7) is 1.61. The van der Waals surface area contributed by atoms with Crippen molar-refractivity contribution in [2.24, 2.45) is 17.8 Å². The van der Waals surface area contributed by atoms with E-state index in [1.54, 1.807) is 42.5 Å². The van der Waals surface area contributed by atoms with Gasteiger partial charge < -0.3 is 0 Å². The number of ketones is 1. The Bertz CT molecular complexity index is 1090. The van der Waals surface area contributed by atoms with Gasteiger partial charge in [0.2, 0.25) is 0 Å². The molecule has 8 heteroatoms. The van der Waals surface area contributed by atoms with Gasteiger partial charge in [0.15, 0.2) is 5.78 Å². The molecule has 2 aromatic carbocycles. The maximum Gasteiger partial charge on any atom is 0.274 e. The number of carbonyl (C=O) groups is 4. The average molecular weight is 518 g/mol. The van der Waals surface area contributed by atoms with Gasteiger partial charge in [-0.15, -0.1) is 0 Å². The number of hydrogen-bond acceptors (Lipinski definition) is 4. The number of hydrogen-bond donors (Lipinski definition) is 0. The lowest BCUT2D eigenvalue weighted by Gasteiger charge is -2.30. The molecule has 4 rings (SSSR count). The van der Waals surface area contributed by atoms with Crippen LogP contribution in [0.25, 0.3) is 0 Å². The zero-order valence-corrected chi connectivity index (χ0v) is 19.8. The fraction of sp³-hybridized carbons (Fsp3) is 0.333. The van der Waals surface area contributed by atoms with Crippen LogP contribution in [0.5, 0.6) is 0 Å². The van der Waals surface area contributed by atoms with Gasteiger partial charge in [0.25, 0.3) is 17.7 Å². The van der Waals surface area contributed by atoms with Gasteiger partial charge in [-0.3, -0.25) is 19.2 Å². The molecule has 0 bridgehead atoms. The lowest BCUT2D eigenvalue weighted by atomic mass is 9.76. The average Bonchev–Trinajstić information content (AvgIpc) is 3.01. The topological polar surface area (TPSA) is 74.8 Å². The minimum atomic E-state index is -0.658. The summed E-state index contributed by atoms with van der Waals surface area (Å²) >= 11 is 9.56. The minimum Gasteiger partial charge on any atom is -0.292 e. The van der Waals surface area contributed by atoms with Crippen LogP contribution in [0.15, 0.2) is 53.0 Å². The van der Waals surface area contributed by atoms with Crippen molar-refractivity contribution < 1.29 is 19.2 Å². The molecule has 3 amide bonds. The van der Waals surface area contributed by atoms with Crippen LogP contribution in [0.3, 0.4) is 0 Å². The first-order chi connectivity index (χ1) is 15.3. The SMILES string of the molecule is C[C@@H]1CC[C@@H]2C(=O)N(N(CC(=O)c3ccc(Br)cc3)C(=O)c3ccccc3Cl)C(=O)[C@@H]2C1. The van der Waals surface area contributed by atoms with Crippen molar-refractivity contribution in [1.29, 1.82) is 0 Å². The van der Waals surface area contributed by atoms with Gasteiger partial charge in [0.05, 0.1) is 22.4 Å². The van der Waals surface area contributed by atoms with Gasteiger partial charge in [0.1, 0.15) is 6.54 Å². The van der Waals surface area contributed by atoms with E-state index in [9.17, 15) is 19.2 Å². The standard InChI is InChI=1S/C24H22BrClN2O4/c1-14-6-11-17-19(12-14)24(32)28(23(17)31)27(22(30)18-4-2-3-5-20(18)26)13-21(29)15-7-9-16(25)10-8-15/h2-5,7-10,14,17,19H,6,11-13H2,1H3/t14-,17+,19-/m1/s1. The predicted octanol–water partition coefficient (Wildman–Crippen LogP) is 4.76. The number of nitrogens with zero attached hydrogens (tertiary/aromatic N) is 2. The third-order valence-electron chi connectivity index (χ3n) is 6.20. The molecule has 1 aliphatic carbocycles. The number of imide groups is 1. The van der Waals surface area contributed by atoms with Crippen molar-refractivity contribution in [3.8, 4) is 0 Å². The van der Waals surface area contributed by atoms with Crippen LogP contribution < -0.4 is 0 Å².